The van der Waals surface area contributed by atoms with Gasteiger partial charge in [-0.05, 0) is 44.2 Å². The lowest BCUT2D eigenvalue weighted by atomic mass is 10.0. The summed E-state index contributed by atoms with van der Waals surface area (Å²) in [5.74, 6) is -0.769. The van der Waals surface area contributed by atoms with Crippen molar-refractivity contribution >= 4 is 11.7 Å². The van der Waals surface area contributed by atoms with Crippen LogP contribution in [0.15, 0.2) is 30.5 Å². The Labute approximate surface area is 139 Å². The molecule has 1 fully saturated rings. The third-order valence-corrected chi connectivity index (χ3v) is 5.14. The number of amides is 1. The smallest absolute Gasteiger partial charge is 0.232 e. The first kappa shape index (κ1) is 15.3. The Balaban J connectivity index is 1.59. The average Bonchev–Trinajstić information content (AvgIpc) is 3.15. The van der Waals surface area contributed by atoms with Crippen LogP contribution in [-0.4, -0.2) is 21.7 Å². The van der Waals surface area contributed by atoms with Crippen molar-refractivity contribution in [1.82, 2.24) is 9.78 Å². The minimum absolute atomic E-state index is 0.00451. The molecule has 2 heterocycles. The second kappa shape index (κ2) is 5.40. The van der Waals surface area contributed by atoms with Crippen LogP contribution >= 0.6 is 0 Å². The van der Waals surface area contributed by atoms with E-state index in [0.717, 1.165) is 18.3 Å². The molecule has 0 saturated heterocycles. The molecular weight excluding hydrogens is 312 g/mol. The van der Waals surface area contributed by atoms with Crippen LogP contribution in [0.5, 0.6) is 0 Å². The number of carbonyl (C=O) groups is 1. The molecule has 4 nitrogen and oxygen atoms in total. The number of anilines is 1. The van der Waals surface area contributed by atoms with Gasteiger partial charge in [-0.3, -0.25) is 9.69 Å². The molecular formula is C18H19F2N3O. The van der Waals surface area contributed by atoms with Gasteiger partial charge in [-0.2, -0.15) is 5.10 Å². The van der Waals surface area contributed by atoms with Gasteiger partial charge < -0.3 is 0 Å². The van der Waals surface area contributed by atoms with Crippen LogP contribution in [0.2, 0.25) is 0 Å². The van der Waals surface area contributed by atoms with Crippen LogP contribution in [0.1, 0.15) is 44.2 Å². The number of nitrogens with zero attached hydrogens (tertiary/aromatic N) is 3. The molecule has 1 aliphatic heterocycles. The lowest BCUT2D eigenvalue weighted by Gasteiger charge is -2.37. The van der Waals surface area contributed by atoms with Crippen LogP contribution in [0.4, 0.5) is 14.6 Å². The summed E-state index contributed by atoms with van der Waals surface area (Å²) in [6.07, 6.45) is 3.14. The van der Waals surface area contributed by atoms with Gasteiger partial charge in [0.05, 0.1) is 12.2 Å². The Morgan fingerprint density at radius 3 is 2.71 bits per heavy atom. The quantitative estimate of drug-likeness (QED) is 0.842. The van der Waals surface area contributed by atoms with Crippen LogP contribution in [0.3, 0.4) is 0 Å². The predicted octanol–water partition coefficient (Wildman–Crippen LogP) is 3.65. The monoisotopic (exact) mass is 331 g/mol. The van der Waals surface area contributed by atoms with Crippen molar-refractivity contribution in [3.05, 3.63) is 47.7 Å². The van der Waals surface area contributed by atoms with Crippen molar-refractivity contribution in [3.63, 3.8) is 0 Å². The molecule has 126 valence electrons. The highest BCUT2D eigenvalue weighted by atomic mass is 19.1. The molecule has 6 heteroatoms. The zero-order chi connectivity index (χ0) is 17.0. The summed E-state index contributed by atoms with van der Waals surface area (Å²) in [5, 5.41) is 4.31. The zero-order valence-electron chi connectivity index (χ0n) is 13.6. The van der Waals surface area contributed by atoms with Gasteiger partial charge in [0.1, 0.15) is 17.5 Å². The maximum atomic E-state index is 14.0. The third-order valence-electron chi connectivity index (χ3n) is 5.14. The van der Waals surface area contributed by atoms with Gasteiger partial charge in [0.15, 0.2) is 0 Å². The van der Waals surface area contributed by atoms with Crippen molar-refractivity contribution in [1.29, 1.82) is 0 Å². The minimum Gasteiger partial charge on any atom is -0.294 e. The zero-order valence-corrected chi connectivity index (χ0v) is 13.6. The molecule has 2 aromatic rings. The van der Waals surface area contributed by atoms with Gasteiger partial charge in [0, 0.05) is 24.1 Å². The van der Waals surface area contributed by atoms with Crippen LogP contribution in [0, 0.1) is 17.6 Å². The summed E-state index contributed by atoms with van der Waals surface area (Å²) in [4.78, 5) is 14.8. The molecule has 0 bridgehead atoms. The highest BCUT2D eigenvalue weighted by molar-refractivity contribution is 5.97. The lowest BCUT2D eigenvalue weighted by molar-refractivity contribution is -0.120. The van der Waals surface area contributed by atoms with Crippen LogP contribution < -0.4 is 4.90 Å². The molecule has 1 aromatic heterocycles. The molecule has 0 spiro atoms. The van der Waals surface area contributed by atoms with Gasteiger partial charge in [-0.15, -0.1) is 0 Å². The fraction of sp³-hybridized carbons (Fsp3) is 0.444. The number of hydrogen-bond acceptors (Lipinski definition) is 2. The number of fused-ring (bicyclic) bond motifs is 1. The standard InChI is InChI=1S/C18H19F2N3O/c1-10-7-11(2)23-17(5-6-21-23)22(10)18(24)15-9-14(15)13-4-3-12(19)8-16(13)20/h3-6,8,10-11,14-15H,7,9H2,1-2H3/t10-,11+,14-,15+/m1/s1. The summed E-state index contributed by atoms with van der Waals surface area (Å²) in [5.41, 5.74) is 0.432. The molecule has 1 amide bonds. The van der Waals surface area contributed by atoms with Crippen molar-refractivity contribution in [2.75, 3.05) is 4.90 Å². The van der Waals surface area contributed by atoms with Gasteiger partial charge in [0.25, 0.3) is 0 Å². The molecule has 0 radical (unpaired) electrons. The van der Waals surface area contributed by atoms with E-state index in [0.29, 0.717) is 12.0 Å². The molecule has 1 aromatic carbocycles. The maximum Gasteiger partial charge on any atom is 0.232 e. The maximum absolute atomic E-state index is 14.0. The topological polar surface area (TPSA) is 38.1 Å². The molecule has 4 atom stereocenters. The summed E-state index contributed by atoms with van der Waals surface area (Å²) in [7, 11) is 0. The van der Waals surface area contributed by atoms with Crippen molar-refractivity contribution < 1.29 is 13.6 Å². The fourth-order valence-electron chi connectivity index (χ4n) is 3.88. The van der Waals surface area contributed by atoms with Crippen molar-refractivity contribution in [3.8, 4) is 0 Å². The molecule has 0 N–H and O–H groups in total. The molecule has 24 heavy (non-hydrogen) atoms. The van der Waals surface area contributed by atoms with Gasteiger partial charge in [-0.1, -0.05) is 6.07 Å². The Morgan fingerprint density at radius 1 is 1.17 bits per heavy atom. The van der Waals surface area contributed by atoms with E-state index in [9.17, 15) is 13.6 Å². The predicted molar refractivity (Wildman–Crippen MR) is 85.7 cm³/mol. The van der Waals surface area contributed by atoms with Gasteiger partial charge in [0.2, 0.25) is 5.91 Å². The van der Waals surface area contributed by atoms with Crippen LogP contribution in [0.25, 0.3) is 0 Å². The Hall–Kier alpha value is -2.24. The van der Waals surface area contributed by atoms with Crippen molar-refractivity contribution in [2.24, 2.45) is 5.92 Å². The van der Waals surface area contributed by atoms with E-state index < -0.39 is 11.6 Å². The number of aromatic nitrogens is 2. The first-order valence-electron chi connectivity index (χ1n) is 8.29. The van der Waals surface area contributed by atoms with E-state index in [2.05, 4.69) is 12.0 Å². The average molecular weight is 331 g/mol. The summed E-state index contributed by atoms with van der Waals surface area (Å²) < 4.78 is 28.9. The second-order valence-corrected chi connectivity index (χ2v) is 6.89. The van der Waals surface area contributed by atoms with Crippen molar-refractivity contribution in [2.45, 2.75) is 44.7 Å². The molecule has 1 saturated carbocycles. The number of rotatable bonds is 2. The summed E-state index contributed by atoms with van der Waals surface area (Å²) in [6, 6.07) is 5.76. The first-order chi connectivity index (χ1) is 11.5. The number of carbonyl (C=O) groups excluding carboxylic acids is 1. The van der Waals surface area contributed by atoms with Crippen LogP contribution in [-0.2, 0) is 4.79 Å². The van der Waals surface area contributed by atoms with E-state index in [1.54, 1.807) is 11.1 Å². The Kier molecular flexibility index (Phi) is 3.44. The fourth-order valence-corrected chi connectivity index (χ4v) is 3.88. The van der Waals surface area contributed by atoms with Gasteiger partial charge in [-0.25, -0.2) is 13.5 Å². The summed E-state index contributed by atoms with van der Waals surface area (Å²) >= 11 is 0. The third kappa shape index (κ3) is 2.32. The van der Waals surface area contributed by atoms with E-state index in [1.807, 2.05) is 17.7 Å². The molecule has 4 rings (SSSR count). The minimum atomic E-state index is -0.595. The van der Waals surface area contributed by atoms with E-state index in [-0.39, 0.29) is 29.8 Å². The largest absolute Gasteiger partial charge is 0.294 e. The Morgan fingerprint density at radius 2 is 1.96 bits per heavy atom. The molecule has 2 aliphatic rings. The van der Waals surface area contributed by atoms with E-state index >= 15 is 0 Å². The molecule has 1 aliphatic carbocycles. The number of benzene rings is 1. The number of hydrogen-bond donors (Lipinski definition) is 0. The lowest BCUT2D eigenvalue weighted by Crippen LogP contribution is -2.45. The highest BCUT2D eigenvalue weighted by Crippen LogP contribution is 2.50. The highest BCUT2D eigenvalue weighted by Gasteiger charge is 2.49. The second-order valence-electron chi connectivity index (χ2n) is 6.89. The van der Waals surface area contributed by atoms with E-state index in [1.165, 1.54) is 12.1 Å². The van der Waals surface area contributed by atoms with Gasteiger partial charge >= 0.3 is 0 Å². The normalized spacial score (nSPS) is 28.6. The summed E-state index contributed by atoms with van der Waals surface area (Å²) in [6.45, 7) is 4.11. The van der Waals surface area contributed by atoms with E-state index in [4.69, 9.17) is 0 Å². The SMILES string of the molecule is C[C@@H]1C[C@H](C)n2nccc2N1C(=O)[C@H]1C[C@@H]1c1ccc(F)cc1F. The Bertz CT molecular complexity index is 803. The first-order valence-corrected chi connectivity index (χ1v) is 8.29. The number of halogens is 2. The molecule has 0 unspecified atom stereocenters.